The van der Waals surface area contributed by atoms with Crippen molar-refractivity contribution in [2.24, 2.45) is 0 Å². The molecule has 0 aliphatic heterocycles. The molecule has 0 aliphatic carbocycles. The topological polar surface area (TPSA) is 53.3 Å². The fourth-order valence-corrected chi connectivity index (χ4v) is 2.83. The normalized spacial score (nSPS) is 10.9. The van der Waals surface area contributed by atoms with Gasteiger partial charge < -0.3 is 9.47 Å². The van der Waals surface area contributed by atoms with E-state index < -0.39 is 5.97 Å². The van der Waals surface area contributed by atoms with Crippen molar-refractivity contribution in [2.45, 2.75) is 33.2 Å². The van der Waals surface area contributed by atoms with Gasteiger partial charge in [0.05, 0.1) is 24.6 Å². The van der Waals surface area contributed by atoms with Crippen molar-refractivity contribution in [2.75, 3.05) is 19.0 Å². The fourth-order valence-electron chi connectivity index (χ4n) is 2.43. The van der Waals surface area contributed by atoms with E-state index in [-0.39, 0.29) is 0 Å². The molecule has 120 valence electrons. The van der Waals surface area contributed by atoms with E-state index in [1.165, 1.54) is 0 Å². The minimum atomic E-state index is -0.408. The van der Waals surface area contributed by atoms with Crippen LogP contribution in [0.25, 0.3) is 10.9 Å². The Bertz CT molecular complexity index is 667. The molecular formula is C16H21BrN2O3. The van der Waals surface area contributed by atoms with Crippen LogP contribution in [0.3, 0.4) is 0 Å². The Morgan fingerprint density at radius 3 is 2.77 bits per heavy atom. The van der Waals surface area contributed by atoms with Crippen LogP contribution in [-0.2, 0) is 11.3 Å². The number of benzene rings is 1. The second-order valence-electron chi connectivity index (χ2n) is 5.05. The minimum Gasteiger partial charge on any atom is -0.496 e. The van der Waals surface area contributed by atoms with Crippen LogP contribution in [0.2, 0.25) is 0 Å². The summed E-state index contributed by atoms with van der Waals surface area (Å²) in [4.78, 5) is 12.2. The SMILES string of the molecule is CCOC(=O)c1nn(CCCCBr)c2cc(C)cc(OC)c12. The summed E-state index contributed by atoms with van der Waals surface area (Å²) in [6, 6.07) is 3.94. The number of alkyl halides is 1. The molecule has 0 unspecified atom stereocenters. The van der Waals surface area contributed by atoms with Crippen LogP contribution in [0.4, 0.5) is 0 Å². The van der Waals surface area contributed by atoms with Crippen molar-refractivity contribution in [3.63, 3.8) is 0 Å². The highest BCUT2D eigenvalue weighted by Crippen LogP contribution is 2.31. The predicted molar refractivity (Wildman–Crippen MR) is 90.0 cm³/mol. The standard InChI is InChI=1S/C16H21BrN2O3/c1-4-22-16(20)15-14-12(9-11(2)10-13(14)21-3)19(18-15)8-6-5-7-17/h9-10H,4-8H2,1-3H3. The molecule has 0 spiro atoms. The summed E-state index contributed by atoms with van der Waals surface area (Å²) < 4.78 is 12.4. The first-order valence-corrected chi connectivity index (χ1v) is 8.52. The van der Waals surface area contributed by atoms with E-state index in [0.29, 0.717) is 18.1 Å². The molecule has 0 atom stereocenters. The molecule has 0 saturated heterocycles. The predicted octanol–water partition coefficient (Wildman–Crippen LogP) is 3.71. The summed E-state index contributed by atoms with van der Waals surface area (Å²) >= 11 is 3.43. The second-order valence-corrected chi connectivity index (χ2v) is 5.84. The van der Waals surface area contributed by atoms with Gasteiger partial charge in [-0.1, -0.05) is 15.9 Å². The van der Waals surface area contributed by atoms with Gasteiger partial charge in [0.15, 0.2) is 5.69 Å². The number of fused-ring (bicyclic) bond motifs is 1. The summed E-state index contributed by atoms with van der Waals surface area (Å²) in [5, 5.41) is 6.16. The Balaban J connectivity index is 2.55. The summed E-state index contributed by atoms with van der Waals surface area (Å²) in [5.74, 6) is 0.249. The summed E-state index contributed by atoms with van der Waals surface area (Å²) in [6.45, 7) is 4.87. The van der Waals surface area contributed by atoms with Crippen molar-refractivity contribution < 1.29 is 14.3 Å². The second kappa shape index (κ2) is 7.63. The van der Waals surface area contributed by atoms with Gasteiger partial charge >= 0.3 is 5.97 Å². The van der Waals surface area contributed by atoms with Crippen molar-refractivity contribution in [1.29, 1.82) is 0 Å². The number of halogens is 1. The van der Waals surface area contributed by atoms with Crippen LogP contribution in [0.5, 0.6) is 5.75 Å². The van der Waals surface area contributed by atoms with Gasteiger partial charge in [0.2, 0.25) is 0 Å². The van der Waals surface area contributed by atoms with Crippen molar-refractivity contribution >= 4 is 32.8 Å². The third kappa shape index (κ3) is 3.43. The number of hydrogen-bond acceptors (Lipinski definition) is 4. The van der Waals surface area contributed by atoms with Crippen LogP contribution in [0.15, 0.2) is 12.1 Å². The molecule has 0 fully saturated rings. The van der Waals surface area contributed by atoms with Crippen molar-refractivity contribution in [3.8, 4) is 5.75 Å². The van der Waals surface area contributed by atoms with Gasteiger partial charge in [0.25, 0.3) is 0 Å². The van der Waals surface area contributed by atoms with Gasteiger partial charge in [-0.2, -0.15) is 5.10 Å². The number of carbonyl (C=O) groups is 1. The van der Waals surface area contributed by atoms with E-state index in [9.17, 15) is 4.79 Å². The highest BCUT2D eigenvalue weighted by atomic mass is 79.9. The molecule has 22 heavy (non-hydrogen) atoms. The molecule has 1 heterocycles. The maximum atomic E-state index is 12.2. The number of hydrogen-bond donors (Lipinski definition) is 0. The number of unbranched alkanes of at least 4 members (excludes halogenated alkanes) is 1. The van der Waals surface area contributed by atoms with Crippen molar-refractivity contribution in [1.82, 2.24) is 9.78 Å². The zero-order valence-corrected chi connectivity index (χ0v) is 14.8. The lowest BCUT2D eigenvalue weighted by atomic mass is 10.1. The molecule has 0 radical (unpaired) electrons. The van der Waals surface area contributed by atoms with Crippen molar-refractivity contribution in [3.05, 3.63) is 23.4 Å². The molecule has 1 aromatic carbocycles. The van der Waals surface area contributed by atoms with Gasteiger partial charge in [-0.05, 0) is 44.4 Å². The van der Waals surface area contributed by atoms with Gasteiger partial charge in [-0.25, -0.2) is 4.79 Å². The molecule has 0 bridgehead atoms. The Morgan fingerprint density at radius 1 is 1.36 bits per heavy atom. The number of aryl methyl sites for hydroxylation is 2. The Hall–Kier alpha value is -1.56. The third-order valence-corrected chi connectivity index (χ3v) is 3.96. The van der Waals surface area contributed by atoms with Gasteiger partial charge in [-0.15, -0.1) is 0 Å². The molecule has 2 rings (SSSR count). The van der Waals surface area contributed by atoms with Gasteiger partial charge in [-0.3, -0.25) is 4.68 Å². The third-order valence-electron chi connectivity index (χ3n) is 3.40. The van der Waals surface area contributed by atoms with Crippen LogP contribution in [0.1, 0.15) is 35.8 Å². The highest BCUT2D eigenvalue weighted by molar-refractivity contribution is 9.09. The lowest BCUT2D eigenvalue weighted by Gasteiger charge is -2.06. The summed E-state index contributed by atoms with van der Waals surface area (Å²) in [6.07, 6.45) is 2.04. The lowest BCUT2D eigenvalue weighted by molar-refractivity contribution is 0.0520. The largest absolute Gasteiger partial charge is 0.496 e. The molecule has 5 nitrogen and oxygen atoms in total. The number of aromatic nitrogens is 2. The van der Waals surface area contributed by atoms with E-state index in [1.54, 1.807) is 14.0 Å². The van der Waals surface area contributed by atoms with Crippen LogP contribution in [-0.4, -0.2) is 34.8 Å². The summed E-state index contributed by atoms with van der Waals surface area (Å²) in [5.41, 5.74) is 2.31. The molecule has 0 saturated carbocycles. The lowest BCUT2D eigenvalue weighted by Crippen LogP contribution is -2.08. The molecule has 0 N–H and O–H groups in total. The molecular weight excluding hydrogens is 348 g/mol. The molecule has 0 amide bonds. The van der Waals surface area contributed by atoms with E-state index in [1.807, 2.05) is 23.7 Å². The minimum absolute atomic E-state index is 0.324. The quantitative estimate of drug-likeness (QED) is 0.424. The highest BCUT2D eigenvalue weighted by Gasteiger charge is 2.22. The monoisotopic (exact) mass is 368 g/mol. The first-order chi connectivity index (χ1) is 10.6. The molecule has 2 aromatic rings. The van der Waals surface area contributed by atoms with Gasteiger partial charge in [0.1, 0.15) is 5.75 Å². The van der Waals surface area contributed by atoms with Gasteiger partial charge in [0, 0.05) is 11.9 Å². The zero-order valence-electron chi connectivity index (χ0n) is 13.2. The average molecular weight is 369 g/mol. The van der Waals surface area contributed by atoms with Crippen LogP contribution >= 0.6 is 15.9 Å². The number of esters is 1. The smallest absolute Gasteiger partial charge is 0.359 e. The number of carbonyl (C=O) groups excluding carboxylic acids is 1. The zero-order chi connectivity index (χ0) is 16.1. The van der Waals surface area contributed by atoms with E-state index >= 15 is 0 Å². The summed E-state index contributed by atoms with van der Waals surface area (Å²) in [7, 11) is 1.60. The molecule has 1 aromatic heterocycles. The number of rotatable bonds is 7. The fraction of sp³-hybridized carbons (Fsp3) is 0.500. The average Bonchev–Trinajstić information content (AvgIpc) is 2.86. The first kappa shape index (κ1) is 16.8. The van der Waals surface area contributed by atoms with E-state index in [2.05, 4.69) is 21.0 Å². The number of nitrogens with zero attached hydrogens (tertiary/aromatic N) is 2. The Kier molecular flexibility index (Phi) is 5.83. The van der Waals surface area contributed by atoms with E-state index in [4.69, 9.17) is 9.47 Å². The van der Waals surface area contributed by atoms with Crippen LogP contribution in [0, 0.1) is 6.92 Å². The molecule has 6 heteroatoms. The van der Waals surface area contributed by atoms with E-state index in [0.717, 1.165) is 41.2 Å². The first-order valence-electron chi connectivity index (χ1n) is 7.40. The van der Waals surface area contributed by atoms with Crippen LogP contribution < -0.4 is 4.74 Å². The maximum absolute atomic E-state index is 12.2. The number of ether oxygens (including phenoxy) is 2. The molecule has 0 aliphatic rings. The maximum Gasteiger partial charge on any atom is 0.359 e. The number of methoxy groups -OCH3 is 1. The Labute approximate surface area is 138 Å². The Morgan fingerprint density at radius 2 is 2.14 bits per heavy atom.